The predicted octanol–water partition coefficient (Wildman–Crippen LogP) is 2.44. The maximum Gasteiger partial charge on any atom is 0.258 e. The van der Waals surface area contributed by atoms with Crippen LogP contribution in [0.2, 0.25) is 0 Å². The van der Waals surface area contributed by atoms with E-state index in [1.54, 1.807) is 18.2 Å². The van der Waals surface area contributed by atoms with Crippen LogP contribution in [0.4, 0.5) is 5.69 Å². The van der Waals surface area contributed by atoms with Gasteiger partial charge in [-0.25, -0.2) is 0 Å². The van der Waals surface area contributed by atoms with E-state index in [0.29, 0.717) is 16.7 Å². The lowest BCUT2D eigenvalue weighted by Crippen LogP contribution is -2.41. The second-order valence-electron chi connectivity index (χ2n) is 4.96. The quantitative estimate of drug-likeness (QED) is 0.791. The van der Waals surface area contributed by atoms with Gasteiger partial charge in [0, 0.05) is 23.0 Å². The highest BCUT2D eigenvalue weighted by molar-refractivity contribution is 7.99. The molecule has 1 aromatic carbocycles. The van der Waals surface area contributed by atoms with Crippen LogP contribution in [0, 0.1) is 0 Å². The van der Waals surface area contributed by atoms with Crippen LogP contribution in [0.1, 0.15) is 26.2 Å². The van der Waals surface area contributed by atoms with Crippen molar-refractivity contribution in [1.29, 1.82) is 0 Å². The molecule has 0 heterocycles. The molecule has 3 N–H and O–H groups in total. The van der Waals surface area contributed by atoms with Crippen LogP contribution < -0.4 is 15.8 Å². The van der Waals surface area contributed by atoms with Crippen LogP contribution in [0.3, 0.4) is 0 Å². The van der Waals surface area contributed by atoms with E-state index in [4.69, 9.17) is 10.5 Å². The fourth-order valence-electron chi connectivity index (χ4n) is 2.51. The van der Waals surface area contributed by atoms with Crippen molar-refractivity contribution in [1.82, 2.24) is 5.32 Å². The highest BCUT2D eigenvalue weighted by Gasteiger charge is 2.28. The Morgan fingerprint density at radius 2 is 2.35 bits per heavy atom. The molecule has 1 saturated carbocycles. The summed E-state index contributed by atoms with van der Waals surface area (Å²) in [4.78, 5) is 11.9. The van der Waals surface area contributed by atoms with E-state index in [0.717, 1.165) is 12.2 Å². The number of hydrogen-bond acceptors (Lipinski definition) is 4. The number of nitrogens with one attached hydrogen (secondary N) is 1. The molecule has 0 spiro atoms. The number of thioether (sulfide) groups is 1. The number of nitrogens with two attached hydrogens (primary N) is 1. The van der Waals surface area contributed by atoms with Gasteiger partial charge in [0.25, 0.3) is 5.91 Å². The second-order valence-corrected chi connectivity index (χ2v) is 6.48. The van der Waals surface area contributed by atoms with Crippen molar-refractivity contribution in [3.8, 4) is 5.75 Å². The number of amides is 1. The van der Waals surface area contributed by atoms with Gasteiger partial charge in [0.05, 0.1) is 0 Å². The molecular formula is C15H22N2O2S. The molecule has 0 aromatic heterocycles. The first-order chi connectivity index (χ1) is 9.69. The van der Waals surface area contributed by atoms with Gasteiger partial charge in [-0.1, -0.05) is 19.4 Å². The third-order valence-corrected chi connectivity index (χ3v) is 4.73. The summed E-state index contributed by atoms with van der Waals surface area (Å²) >= 11 is 1.93. The monoisotopic (exact) mass is 294 g/mol. The van der Waals surface area contributed by atoms with Crippen LogP contribution >= 0.6 is 11.8 Å². The zero-order valence-corrected chi connectivity index (χ0v) is 12.6. The second kappa shape index (κ2) is 7.43. The number of carbonyl (C=O) groups is 1. The predicted molar refractivity (Wildman–Crippen MR) is 84.1 cm³/mol. The van der Waals surface area contributed by atoms with Crippen LogP contribution in [-0.2, 0) is 4.79 Å². The zero-order chi connectivity index (χ0) is 14.4. The molecule has 0 radical (unpaired) electrons. The van der Waals surface area contributed by atoms with Gasteiger partial charge in [0.15, 0.2) is 6.61 Å². The summed E-state index contributed by atoms with van der Waals surface area (Å²) < 4.78 is 5.46. The summed E-state index contributed by atoms with van der Waals surface area (Å²) in [6.45, 7) is 2.20. The third kappa shape index (κ3) is 4.34. The van der Waals surface area contributed by atoms with Gasteiger partial charge in [-0.3, -0.25) is 4.79 Å². The first kappa shape index (κ1) is 15.0. The number of nitrogen functional groups attached to an aromatic ring is 1. The molecule has 1 fully saturated rings. The smallest absolute Gasteiger partial charge is 0.258 e. The highest BCUT2D eigenvalue weighted by atomic mass is 32.2. The van der Waals surface area contributed by atoms with Crippen LogP contribution in [-0.4, -0.2) is 29.6 Å². The minimum Gasteiger partial charge on any atom is -0.484 e. The molecule has 1 aliphatic carbocycles. The van der Waals surface area contributed by atoms with Gasteiger partial charge in [0.1, 0.15) is 5.75 Å². The molecule has 0 saturated heterocycles. The average molecular weight is 294 g/mol. The van der Waals surface area contributed by atoms with Crippen molar-refractivity contribution in [2.45, 2.75) is 37.5 Å². The number of carbonyl (C=O) groups excluding carboxylic acids is 1. The van der Waals surface area contributed by atoms with Crippen LogP contribution in [0.15, 0.2) is 24.3 Å². The maximum absolute atomic E-state index is 11.9. The lowest BCUT2D eigenvalue weighted by atomic mass is 10.2. The van der Waals surface area contributed by atoms with Gasteiger partial charge in [-0.15, -0.1) is 0 Å². The summed E-state index contributed by atoms with van der Waals surface area (Å²) in [5.74, 6) is 1.67. The van der Waals surface area contributed by atoms with Crippen LogP contribution in [0.25, 0.3) is 0 Å². The van der Waals surface area contributed by atoms with Crippen molar-refractivity contribution in [3.05, 3.63) is 24.3 Å². The van der Waals surface area contributed by atoms with Crippen molar-refractivity contribution in [2.24, 2.45) is 0 Å². The lowest BCUT2D eigenvalue weighted by Gasteiger charge is -2.20. The Bertz CT molecular complexity index is 453. The Morgan fingerprint density at radius 3 is 3.10 bits per heavy atom. The van der Waals surface area contributed by atoms with Gasteiger partial charge in [0.2, 0.25) is 0 Å². The molecule has 20 heavy (non-hydrogen) atoms. The van der Waals surface area contributed by atoms with E-state index in [9.17, 15) is 4.79 Å². The molecular weight excluding hydrogens is 272 g/mol. The normalized spacial score (nSPS) is 21.6. The van der Waals surface area contributed by atoms with E-state index in [1.807, 2.05) is 17.8 Å². The zero-order valence-electron chi connectivity index (χ0n) is 11.8. The van der Waals surface area contributed by atoms with Crippen molar-refractivity contribution < 1.29 is 9.53 Å². The number of benzene rings is 1. The lowest BCUT2D eigenvalue weighted by molar-refractivity contribution is -0.123. The number of rotatable bonds is 6. The minimum absolute atomic E-state index is 0.0451. The molecule has 2 unspecified atom stereocenters. The fourth-order valence-corrected chi connectivity index (χ4v) is 3.70. The number of hydrogen-bond donors (Lipinski definition) is 2. The fraction of sp³-hybridized carbons (Fsp3) is 0.533. The van der Waals surface area contributed by atoms with Crippen LogP contribution in [0.5, 0.6) is 5.75 Å². The number of anilines is 1. The molecule has 0 bridgehead atoms. The largest absolute Gasteiger partial charge is 0.484 e. The molecule has 2 rings (SSSR count). The standard InChI is InChI=1S/C15H22N2O2S/c1-2-20-14-8-4-7-13(14)17-15(18)10-19-12-6-3-5-11(16)9-12/h3,5-6,9,13-14H,2,4,7-8,10,16H2,1H3,(H,17,18). The van der Waals surface area contributed by atoms with Gasteiger partial charge < -0.3 is 15.8 Å². The summed E-state index contributed by atoms with van der Waals surface area (Å²) in [6, 6.07) is 7.41. The van der Waals surface area contributed by atoms with Crippen molar-refractivity contribution in [3.63, 3.8) is 0 Å². The minimum atomic E-state index is -0.0546. The third-order valence-electron chi connectivity index (χ3n) is 3.41. The summed E-state index contributed by atoms with van der Waals surface area (Å²) in [6.07, 6.45) is 3.46. The molecule has 1 aromatic rings. The van der Waals surface area contributed by atoms with E-state index in [1.165, 1.54) is 12.8 Å². The Morgan fingerprint density at radius 1 is 1.50 bits per heavy atom. The molecule has 0 aliphatic heterocycles. The molecule has 1 amide bonds. The van der Waals surface area contributed by atoms with Gasteiger partial charge >= 0.3 is 0 Å². The number of ether oxygens (including phenoxy) is 1. The summed E-state index contributed by atoms with van der Waals surface area (Å²) in [5, 5.41) is 3.63. The Hall–Kier alpha value is -1.36. The molecule has 4 nitrogen and oxygen atoms in total. The summed E-state index contributed by atoms with van der Waals surface area (Å²) in [5.41, 5.74) is 6.30. The first-order valence-corrected chi connectivity index (χ1v) is 8.13. The first-order valence-electron chi connectivity index (χ1n) is 7.08. The molecule has 1 aliphatic rings. The highest BCUT2D eigenvalue weighted by Crippen LogP contribution is 2.29. The van der Waals surface area contributed by atoms with E-state index >= 15 is 0 Å². The Labute approximate surface area is 124 Å². The van der Waals surface area contributed by atoms with E-state index in [2.05, 4.69) is 12.2 Å². The van der Waals surface area contributed by atoms with Crippen molar-refractivity contribution in [2.75, 3.05) is 18.1 Å². The Kier molecular flexibility index (Phi) is 5.59. The average Bonchev–Trinajstić information content (AvgIpc) is 2.84. The molecule has 2 atom stereocenters. The topological polar surface area (TPSA) is 64.3 Å². The molecule has 110 valence electrons. The van der Waals surface area contributed by atoms with E-state index < -0.39 is 0 Å². The maximum atomic E-state index is 11.9. The molecule has 5 heteroatoms. The SMILES string of the molecule is CCSC1CCCC1NC(=O)COc1cccc(N)c1. The van der Waals surface area contributed by atoms with E-state index in [-0.39, 0.29) is 18.6 Å². The summed E-state index contributed by atoms with van der Waals surface area (Å²) in [7, 11) is 0. The Balaban J connectivity index is 1.78. The van der Waals surface area contributed by atoms with Crippen molar-refractivity contribution >= 4 is 23.4 Å². The van der Waals surface area contributed by atoms with Gasteiger partial charge in [-0.05, 0) is 30.7 Å². The van der Waals surface area contributed by atoms with Gasteiger partial charge in [-0.2, -0.15) is 11.8 Å².